The molecule has 1 aliphatic rings. The zero-order valence-electron chi connectivity index (χ0n) is 14.0. The Morgan fingerprint density at radius 1 is 1.28 bits per heavy atom. The lowest BCUT2D eigenvalue weighted by atomic mass is 10.0. The molecule has 0 bridgehead atoms. The summed E-state index contributed by atoms with van der Waals surface area (Å²) in [6.07, 6.45) is 4.83. The van der Waals surface area contributed by atoms with Crippen molar-refractivity contribution in [2.24, 2.45) is 5.73 Å². The molecule has 2 amide bonds. The molecule has 0 atom stereocenters. The van der Waals surface area contributed by atoms with Crippen molar-refractivity contribution in [2.75, 3.05) is 30.8 Å². The molecule has 132 valence electrons. The van der Waals surface area contributed by atoms with Crippen LogP contribution in [0.25, 0.3) is 0 Å². The minimum Gasteiger partial charge on any atom is -0.383 e. The van der Waals surface area contributed by atoms with Crippen molar-refractivity contribution in [3.05, 3.63) is 35.9 Å². The molecule has 0 spiro atoms. The van der Waals surface area contributed by atoms with E-state index in [-0.39, 0.29) is 17.6 Å². The van der Waals surface area contributed by atoms with Crippen molar-refractivity contribution < 1.29 is 9.59 Å². The number of aromatic nitrogens is 3. The van der Waals surface area contributed by atoms with Crippen molar-refractivity contribution in [3.63, 3.8) is 0 Å². The van der Waals surface area contributed by atoms with Crippen LogP contribution >= 0.6 is 0 Å². The summed E-state index contributed by atoms with van der Waals surface area (Å²) in [5.41, 5.74) is 11.9. The number of rotatable bonds is 4. The third-order valence-corrected chi connectivity index (χ3v) is 4.48. The molecule has 5 N–H and O–H groups in total. The summed E-state index contributed by atoms with van der Waals surface area (Å²) in [4.78, 5) is 33.8. The molecule has 3 heterocycles. The number of pyridine rings is 1. The number of nitrogens with zero attached hydrogens (tertiary/aromatic N) is 4. The van der Waals surface area contributed by atoms with Gasteiger partial charge in [0.1, 0.15) is 11.6 Å². The molecule has 1 saturated heterocycles. The lowest BCUT2D eigenvalue weighted by Gasteiger charge is -2.34. The molecule has 0 aromatic carbocycles. The number of nitrogens with one attached hydrogen (secondary N) is 1. The molecule has 0 aliphatic carbocycles. The van der Waals surface area contributed by atoms with Crippen molar-refractivity contribution in [2.45, 2.75) is 18.9 Å². The van der Waals surface area contributed by atoms with Crippen LogP contribution in [-0.4, -0.2) is 46.5 Å². The fraction of sp³-hybridized carbons (Fsp3) is 0.375. The average Bonchev–Trinajstić information content (AvgIpc) is 3.03. The Hall–Kier alpha value is -3.10. The van der Waals surface area contributed by atoms with Gasteiger partial charge in [0, 0.05) is 32.4 Å². The van der Waals surface area contributed by atoms with Crippen molar-refractivity contribution in [1.82, 2.24) is 19.9 Å². The highest BCUT2D eigenvalue weighted by Crippen LogP contribution is 2.29. The van der Waals surface area contributed by atoms with Crippen molar-refractivity contribution in [1.29, 1.82) is 0 Å². The van der Waals surface area contributed by atoms with Gasteiger partial charge >= 0.3 is 0 Å². The van der Waals surface area contributed by atoms with Gasteiger partial charge in [-0.2, -0.15) is 0 Å². The highest BCUT2D eigenvalue weighted by atomic mass is 16.2. The fourth-order valence-corrected chi connectivity index (χ4v) is 3.17. The van der Waals surface area contributed by atoms with Gasteiger partial charge in [0.05, 0.1) is 11.9 Å². The van der Waals surface area contributed by atoms with E-state index < -0.39 is 5.91 Å². The third-order valence-electron chi connectivity index (χ3n) is 4.48. The number of anilines is 2. The van der Waals surface area contributed by atoms with E-state index in [0.29, 0.717) is 17.2 Å². The first-order chi connectivity index (χ1) is 12.0. The molecule has 25 heavy (non-hydrogen) atoms. The van der Waals surface area contributed by atoms with Gasteiger partial charge < -0.3 is 26.3 Å². The van der Waals surface area contributed by atoms with E-state index in [2.05, 4.69) is 20.2 Å². The number of nitrogens with two attached hydrogens (primary N) is 2. The van der Waals surface area contributed by atoms with E-state index in [1.165, 1.54) is 0 Å². The molecule has 1 fully saturated rings. The van der Waals surface area contributed by atoms with Gasteiger partial charge in [0.15, 0.2) is 5.69 Å². The van der Waals surface area contributed by atoms with Crippen LogP contribution < -0.4 is 21.7 Å². The largest absolute Gasteiger partial charge is 0.383 e. The summed E-state index contributed by atoms with van der Waals surface area (Å²) in [6, 6.07) is 3.64. The second kappa shape index (κ2) is 6.80. The molecule has 0 radical (unpaired) electrons. The lowest BCUT2D eigenvalue weighted by Crippen LogP contribution is -2.37. The smallest absolute Gasteiger partial charge is 0.271 e. The van der Waals surface area contributed by atoms with Gasteiger partial charge in [-0.1, -0.05) is 0 Å². The van der Waals surface area contributed by atoms with Crippen LogP contribution in [0.1, 0.15) is 39.7 Å². The Bertz CT molecular complexity index is 794. The van der Waals surface area contributed by atoms with Crippen LogP contribution in [0.5, 0.6) is 0 Å². The normalized spacial score (nSPS) is 15.2. The van der Waals surface area contributed by atoms with Crippen LogP contribution in [0, 0.1) is 0 Å². The number of hydrogen-bond donors (Lipinski definition) is 3. The molecule has 0 saturated carbocycles. The molecule has 9 nitrogen and oxygen atoms in total. The predicted octanol–water partition coefficient (Wildman–Crippen LogP) is 0.160. The molecule has 3 rings (SSSR count). The van der Waals surface area contributed by atoms with E-state index in [0.717, 1.165) is 25.9 Å². The van der Waals surface area contributed by atoms with E-state index in [4.69, 9.17) is 11.5 Å². The van der Waals surface area contributed by atoms with Gasteiger partial charge in [-0.25, -0.2) is 9.97 Å². The highest BCUT2D eigenvalue weighted by Gasteiger charge is 2.26. The maximum atomic E-state index is 12.0. The minimum atomic E-state index is -0.627. The quantitative estimate of drug-likeness (QED) is 0.724. The standard InChI is InChI=1S/C16H21N7O2/c1-19-16(25)11-3-2-6-20-15(11)22-7-4-10(5-8-22)23-9-21-12(13(23)17)14(18)24/h2-3,6,9-10H,4-5,7-8,17H2,1H3,(H2,18,24)(H,19,25). The van der Waals surface area contributed by atoms with Crippen LogP contribution in [0.3, 0.4) is 0 Å². The zero-order chi connectivity index (χ0) is 18.0. The van der Waals surface area contributed by atoms with Gasteiger partial charge in [-0.05, 0) is 25.0 Å². The third kappa shape index (κ3) is 3.12. The van der Waals surface area contributed by atoms with Gasteiger partial charge in [-0.3, -0.25) is 9.59 Å². The Balaban J connectivity index is 1.75. The van der Waals surface area contributed by atoms with Gasteiger partial charge in [0.25, 0.3) is 11.8 Å². The van der Waals surface area contributed by atoms with E-state index in [1.807, 2.05) is 0 Å². The van der Waals surface area contributed by atoms with Crippen LogP contribution in [-0.2, 0) is 0 Å². The minimum absolute atomic E-state index is 0.106. The Morgan fingerprint density at radius 2 is 2.00 bits per heavy atom. The number of primary amides is 1. The summed E-state index contributed by atoms with van der Waals surface area (Å²) >= 11 is 0. The second-order valence-electron chi connectivity index (χ2n) is 5.92. The maximum absolute atomic E-state index is 12.0. The Labute approximate surface area is 145 Å². The summed E-state index contributed by atoms with van der Waals surface area (Å²) in [6.45, 7) is 1.43. The van der Waals surface area contributed by atoms with Crippen LogP contribution in [0.15, 0.2) is 24.7 Å². The number of carbonyl (C=O) groups is 2. The summed E-state index contributed by atoms with van der Waals surface area (Å²) < 4.78 is 1.80. The second-order valence-corrected chi connectivity index (χ2v) is 5.92. The van der Waals surface area contributed by atoms with Crippen molar-refractivity contribution in [3.8, 4) is 0 Å². The maximum Gasteiger partial charge on any atom is 0.271 e. The monoisotopic (exact) mass is 343 g/mol. The SMILES string of the molecule is CNC(=O)c1cccnc1N1CCC(n2cnc(C(N)=O)c2N)CC1. The zero-order valence-corrected chi connectivity index (χ0v) is 14.0. The Kier molecular flexibility index (Phi) is 4.55. The number of piperidine rings is 1. The van der Waals surface area contributed by atoms with E-state index >= 15 is 0 Å². The van der Waals surface area contributed by atoms with E-state index in [9.17, 15) is 9.59 Å². The molecule has 9 heteroatoms. The first-order valence-corrected chi connectivity index (χ1v) is 8.07. The van der Waals surface area contributed by atoms with Crippen molar-refractivity contribution >= 4 is 23.5 Å². The summed E-state index contributed by atoms with van der Waals surface area (Å²) in [5, 5.41) is 2.64. The Morgan fingerprint density at radius 3 is 2.60 bits per heavy atom. The first kappa shape index (κ1) is 16.7. The molecule has 0 unspecified atom stereocenters. The van der Waals surface area contributed by atoms with E-state index in [1.54, 1.807) is 36.3 Å². The van der Waals surface area contributed by atoms with Gasteiger partial charge in [-0.15, -0.1) is 0 Å². The summed E-state index contributed by atoms with van der Waals surface area (Å²) in [5.74, 6) is 0.194. The molecular formula is C16H21N7O2. The topological polar surface area (TPSA) is 132 Å². The average molecular weight is 343 g/mol. The number of imidazole rings is 1. The molecule has 2 aromatic heterocycles. The molecule has 2 aromatic rings. The van der Waals surface area contributed by atoms with Crippen LogP contribution in [0.2, 0.25) is 0 Å². The molecular weight excluding hydrogens is 322 g/mol. The predicted molar refractivity (Wildman–Crippen MR) is 93.3 cm³/mol. The lowest BCUT2D eigenvalue weighted by molar-refractivity contribution is 0.0961. The highest BCUT2D eigenvalue weighted by molar-refractivity contribution is 5.98. The number of nitrogen functional groups attached to an aromatic ring is 1. The number of amides is 2. The number of hydrogen-bond acceptors (Lipinski definition) is 6. The summed E-state index contributed by atoms with van der Waals surface area (Å²) in [7, 11) is 1.60. The number of carbonyl (C=O) groups excluding carboxylic acids is 2. The first-order valence-electron chi connectivity index (χ1n) is 8.07. The van der Waals surface area contributed by atoms with Crippen LogP contribution in [0.4, 0.5) is 11.6 Å². The van der Waals surface area contributed by atoms with Gasteiger partial charge in [0.2, 0.25) is 0 Å². The molecule has 1 aliphatic heterocycles. The fourth-order valence-electron chi connectivity index (χ4n) is 3.17.